The highest BCUT2D eigenvalue weighted by Gasteiger charge is 2.39. The summed E-state index contributed by atoms with van der Waals surface area (Å²) in [6, 6.07) is 2.53. The van der Waals surface area contributed by atoms with Crippen molar-refractivity contribution in [2.24, 2.45) is 0 Å². The van der Waals surface area contributed by atoms with Crippen LogP contribution in [0.1, 0.15) is 27.7 Å². The first-order valence-corrected chi connectivity index (χ1v) is 6.23. The van der Waals surface area contributed by atoms with Crippen LogP contribution in [0.5, 0.6) is 0 Å². The molecule has 0 atom stereocenters. The third-order valence-corrected chi connectivity index (χ3v) is 3.36. The fourth-order valence-corrected chi connectivity index (χ4v) is 1.55. The molecule has 0 spiro atoms. The van der Waals surface area contributed by atoms with Crippen molar-refractivity contribution in [1.82, 2.24) is 4.98 Å². The maximum atomic E-state index is 13.1. The number of rotatable bonds is 4. The van der Waals surface area contributed by atoms with Gasteiger partial charge in [0.25, 0.3) is 0 Å². The van der Waals surface area contributed by atoms with Crippen molar-refractivity contribution in [3.8, 4) is 0 Å². The zero-order valence-electron chi connectivity index (χ0n) is 10.7. The van der Waals surface area contributed by atoms with Crippen molar-refractivity contribution in [2.45, 2.75) is 38.9 Å². The Labute approximate surface area is 114 Å². The van der Waals surface area contributed by atoms with E-state index in [1.807, 2.05) is 0 Å². The van der Waals surface area contributed by atoms with Crippen molar-refractivity contribution < 1.29 is 19.2 Å². The Balaban J connectivity index is 2.92. The Morgan fingerprint density at radius 3 is 2.33 bits per heavy atom. The van der Waals surface area contributed by atoms with Crippen LogP contribution < -0.4 is 5.46 Å². The average molecular weight is 320 g/mol. The summed E-state index contributed by atoms with van der Waals surface area (Å²) >= 11 is 3.03. The maximum Gasteiger partial charge on any atom is 0.491 e. The standard InChI is InChI=1S/C11H16BBrFNO3/c1-10(2,16)11(3,4)18-12(17)7-5-8(13)15-9(14)6-7/h5-6,16-17H,1-4H3. The van der Waals surface area contributed by atoms with Gasteiger partial charge in [-0.05, 0) is 61.2 Å². The summed E-state index contributed by atoms with van der Waals surface area (Å²) in [6.07, 6.45) is 0. The van der Waals surface area contributed by atoms with Crippen LogP contribution in [0, 0.1) is 5.95 Å². The minimum Gasteiger partial charge on any atom is -0.423 e. The van der Waals surface area contributed by atoms with Crippen LogP contribution in [-0.4, -0.2) is 33.4 Å². The van der Waals surface area contributed by atoms with Gasteiger partial charge in [0.15, 0.2) is 0 Å². The molecule has 0 bridgehead atoms. The monoisotopic (exact) mass is 319 g/mol. The van der Waals surface area contributed by atoms with Crippen LogP contribution >= 0.6 is 15.9 Å². The summed E-state index contributed by atoms with van der Waals surface area (Å²) in [7, 11) is -1.35. The molecule has 1 rings (SSSR count). The second-order valence-corrected chi connectivity index (χ2v) is 5.90. The third kappa shape index (κ3) is 3.75. The lowest BCUT2D eigenvalue weighted by molar-refractivity contribution is -0.0982. The molecule has 0 aromatic carbocycles. The minimum atomic E-state index is -1.35. The zero-order valence-corrected chi connectivity index (χ0v) is 12.3. The van der Waals surface area contributed by atoms with E-state index in [4.69, 9.17) is 4.65 Å². The van der Waals surface area contributed by atoms with Crippen molar-refractivity contribution in [2.75, 3.05) is 0 Å². The highest BCUT2D eigenvalue weighted by atomic mass is 79.9. The van der Waals surface area contributed by atoms with Gasteiger partial charge in [0, 0.05) is 0 Å². The molecule has 0 aliphatic carbocycles. The van der Waals surface area contributed by atoms with Gasteiger partial charge in [-0.15, -0.1) is 0 Å². The molecule has 100 valence electrons. The fourth-order valence-electron chi connectivity index (χ4n) is 1.12. The Morgan fingerprint density at radius 2 is 1.89 bits per heavy atom. The summed E-state index contributed by atoms with van der Waals surface area (Å²) < 4.78 is 18.8. The van der Waals surface area contributed by atoms with Crippen LogP contribution in [0.25, 0.3) is 0 Å². The summed E-state index contributed by atoms with van der Waals surface area (Å²) in [5, 5.41) is 19.8. The van der Waals surface area contributed by atoms with E-state index < -0.39 is 24.3 Å². The zero-order chi connectivity index (χ0) is 14.1. The molecule has 7 heteroatoms. The summed E-state index contributed by atoms with van der Waals surface area (Å²) in [6.45, 7) is 6.43. The normalized spacial score (nSPS) is 12.7. The quantitative estimate of drug-likeness (QED) is 0.647. The molecule has 4 nitrogen and oxygen atoms in total. The molecule has 2 N–H and O–H groups in total. The third-order valence-electron chi connectivity index (χ3n) is 2.95. The van der Waals surface area contributed by atoms with Gasteiger partial charge in [-0.25, -0.2) is 4.98 Å². The van der Waals surface area contributed by atoms with E-state index in [1.54, 1.807) is 27.7 Å². The van der Waals surface area contributed by atoms with Gasteiger partial charge in [-0.1, -0.05) is 0 Å². The molecule has 0 saturated carbocycles. The molecular weight excluding hydrogens is 304 g/mol. The first-order valence-electron chi connectivity index (χ1n) is 5.44. The average Bonchev–Trinajstić information content (AvgIpc) is 2.13. The van der Waals surface area contributed by atoms with E-state index in [2.05, 4.69) is 20.9 Å². The van der Waals surface area contributed by atoms with Crippen LogP contribution in [-0.2, 0) is 4.65 Å². The first-order chi connectivity index (χ1) is 8.03. The number of aliphatic hydroxyl groups is 1. The SMILES string of the molecule is CC(C)(O)C(C)(C)OB(O)c1cc(F)nc(Br)c1. The number of hydrogen-bond donors (Lipinski definition) is 2. The molecule has 0 amide bonds. The lowest BCUT2D eigenvalue weighted by Crippen LogP contribution is -2.53. The Bertz CT molecular complexity index is 417. The molecule has 1 heterocycles. The molecule has 0 aliphatic rings. The van der Waals surface area contributed by atoms with E-state index in [1.165, 1.54) is 6.07 Å². The van der Waals surface area contributed by atoms with Crippen molar-refractivity contribution >= 4 is 28.5 Å². The van der Waals surface area contributed by atoms with Gasteiger partial charge in [0.2, 0.25) is 5.95 Å². The Hall–Kier alpha value is -0.495. The molecule has 0 unspecified atom stereocenters. The van der Waals surface area contributed by atoms with Gasteiger partial charge in [0.1, 0.15) is 4.60 Å². The number of nitrogens with zero attached hydrogens (tertiary/aromatic N) is 1. The van der Waals surface area contributed by atoms with Gasteiger partial charge < -0.3 is 14.8 Å². The van der Waals surface area contributed by atoms with Crippen molar-refractivity contribution in [3.63, 3.8) is 0 Å². The highest BCUT2D eigenvalue weighted by molar-refractivity contribution is 9.10. The lowest BCUT2D eigenvalue weighted by Gasteiger charge is -2.38. The van der Waals surface area contributed by atoms with Crippen LogP contribution in [0.3, 0.4) is 0 Å². The van der Waals surface area contributed by atoms with Gasteiger partial charge in [0.05, 0.1) is 11.2 Å². The number of aromatic nitrogens is 1. The second kappa shape index (κ2) is 5.24. The van der Waals surface area contributed by atoms with Crippen LogP contribution in [0.15, 0.2) is 16.7 Å². The molecule has 0 radical (unpaired) electrons. The molecule has 1 aromatic rings. The molecule has 0 fully saturated rings. The Morgan fingerprint density at radius 1 is 1.33 bits per heavy atom. The van der Waals surface area contributed by atoms with E-state index in [-0.39, 0.29) is 10.1 Å². The molecular formula is C11H16BBrFNO3. The predicted molar refractivity (Wildman–Crippen MR) is 71.0 cm³/mol. The van der Waals surface area contributed by atoms with E-state index in [0.717, 1.165) is 6.07 Å². The highest BCUT2D eigenvalue weighted by Crippen LogP contribution is 2.25. The van der Waals surface area contributed by atoms with E-state index >= 15 is 0 Å². The first kappa shape index (κ1) is 15.6. The largest absolute Gasteiger partial charge is 0.491 e. The molecule has 0 aliphatic heterocycles. The summed E-state index contributed by atoms with van der Waals surface area (Å²) in [5.74, 6) is -0.719. The fraction of sp³-hybridized carbons (Fsp3) is 0.545. The molecule has 0 saturated heterocycles. The Kier molecular flexibility index (Phi) is 4.53. The van der Waals surface area contributed by atoms with Crippen molar-refractivity contribution in [3.05, 3.63) is 22.7 Å². The smallest absolute Gasteiger partial charge is 0.423 e. The summed E-state index contributed by atoms with van der Waals surface area (Å²) in [5.41, 5.74) is -1.93. The number of pyridine rings is 1. The second-order valence-electron chi connectivity index (χ2n) is 5.09. The van der Waals surface area contributed by atoms with Crippen LogP contribution in [0.2, 0.25) is 0 Å². The van der Waals surface area contributed by atoms with E-state index in [0.29, 0.717) is 0 Å². The minimum absolute atomic E-state index is 0.228. The molecule has 1 aromatic heterocycles. The number of halogens is 2. The summed E-state index contributed by atoms with van der Waals surface area (Å²) in [4.78, 5) is 3.50. The van der Waals surface area contributed by atoms with Gasteiger partial charge in [-0.3, -0.25) is 0 Å². The van der Waals surface area contributed by atoms with Gasteiger partial charge in [-0.2, -0.15) is 4.39 Å². The predicted octanol–water partition coefficient (Wildman–Crippen LogP) is 1.24. The lowest BCUT2D eigenvalue weighted by atomic mass is 9.77. The van der Waals surface area contributed by atoms with E-state index in [9.17, 15) is 14.5 Å². The topological polar surface area (TPSA) is 62.6 Å². The van der Waals surface area contributed by atoms with Crippen LogP contribution in [0.4, 0.5) is 4.39 Å². The molecule has 18 heavy (non-hydrogen) atoms. The van der Waals surface area contributed by atoms with Crippen molar-refractivity contribution in [1.29, 1.82) is 0 Å². The van der Waals surface area contributed by atoms with Gasteiger partial charge >= 0.3 is 7.12 Å². The maximum absolute atomic E-state index is 13.1. The number of hydrogen-bond acceptors (Lipinski definition) is 4.